The molecular weight excluding hydrogens is 428 g/mol. The van der Waals surface area contributed by atoms with Crippen molar-refractivity contribution in [3.63, 3.8) is 0 Å². The highest BCUT2D eigenvalue weighted by molar-refractivity contribution is 8.00. The van der Waals surface area contributed by atoms with Gasteiger partial charge < -0.3 is 0 Å². The molecule has 0 unspecified atom stereocenters. The average molecular weight is 445 g/mol. The molecule has 5 aromatic rings. The number of hydrogen-bond acceptors (Lipinski definition) is 7. The molecule has 5 rings (SSSR count). The Balaban J connectivity index is 1.33. The summed E-state index contributed by atoms with van der Waals surface area (Å²) in [4.78, 5) is 17.2. The number of hydrogen-bond donors (Lipinski definition) is 1. The van der Waals surface area contributed by atoms with Gasteiger partial charge in [-0.25, -0.2) is 9.50 Å². The smallest absolute Gasteiger partial charge is 0.262 e. The fraction of sp³-hybridized carbons (Fsp3) is 0.0455. The van der Waals surface area contributed by atoms with Crippen molar-refractivity contribution < 1.29 is 4.79 Å². The molecule has 0 bridgehead atoms. The third-order valence-electron chi connectivity index (χ3n) is 4.55. The molecule has 0 aliphatic carbocycles. The van der Waals surface area contributed by atoms with E-state index in [0.717, 1.165) is 21.3 Å². The molecule has 2 aromatic carbocycles. The van der Waals surface area contributed by atoms with Crippen LogP contribution in [0, 0.1) is 0 Å². The quantitative estimate of drug-likeness (QED) is 0.299. The SMILES string of the molecule is O=C(Nc1nnc(SCc2ccccc2)s1)c1cnn2c(-c3ccccc3)ccnc12. The van der Waals surface area contributed by atoms with Gasteiger partial charge >= 0.3 is 0 Å². The molecule has 1 amide bonds. The zero-order valence-electron chi connectivity index (χ0n) is 16.2. The lowest BCUT2D eigenvalue weighted by Gasteiger charge is -2.04. The van der Waals surface area contributed by atoms with E-state index in [4.69, 9.17) is 0 Å². The zero-order valence-corrected chi connectivity index (χ0v) is 17.8. The van der Waals surface area contributed by atoms with E-state index in [1.807, 2.05) is 54.6 Å². The Morgan fingerprint density at radius 1 is 1.00 bits per heavy atom. The van der Waals surface area contributed by atoms with Gasteiger partial charge in [0.25, 0.3) is 5.91 Å². The van der Waals surface area contributed by atoms with Gasteiger partial charge in [0, 0.05) is 17.5 Å². The summed E-state index contributed by atoms with van der Waals surface area (Å²) in [5.41, 5.74) is 3.93. The van der Waals surface area contributed by atoms with E-state index >= 15 is 0 Å². The molecule has 0 spiro atoms. The molecule has 0 atom stereocenters. The van der Waals surface area contributed by atoms with Gasteiger partial charge in [0.05, 0.1) is 11.9 Å². The number of rotatable bonds is 6. The summed E-state index contributed by atoms with van der Waals surface area (Å²) in [6.07, 6.45) is 3.20. The number of nitrogens with one attached hydrogen (secondary N) is 1. The van der Waals surface area contributed by atoms with Gasteiger partial charge in [0.2, 0.25) is 5.13 Å². The first-order valence-corrected chi connectivity index (χ1v) is 11.3. The van der Waals surface area contributed by atoms with E-state index in [0.29, 0.717) is 16.3 Å². The minimum Gasteiger partial charge on any atom is -0.296 e. The summed E-state index contributed by atoms with van der Waals surface area (Å²) >= 11 is 2.93. The van der Waals surface area contributed by atoms with Gasteiger partial charge in [0.15, 0.2) is 9.99 Å². The van der Waals surface area contributed by atoms with Crippen LogP contribution in [0.25, 0.3) is 16.9 Å². The Bertz CT molecular complexity index is 1330. The first-order chi connectivity index (χ1) is 15.3. The second-order valence-electron chi connectivity index (χ2n) is 6.59. The highest BCUT2D eigenvalue weighted by Crippen LogP contribution is 2.29. The van der Waals surface area contributed by atoms with Crippen molar-refractivity contribution in [1.29, 1.82) is 0 Å². The van der Waals surface area contributed by atoms with E-state index in [2.05, 4.69) is 37.7 Å². The lowest BCUT2D eigenvalue weighted by molar-refractivity contribution is 0.102. The van der Waals surface area contributed by atoms with Crippen molar-refractivity contribution in [3.05, 3.63) is 90.3 Å². The fourth-order valence-corrected chi connectivity index (χ4v) is 4.78. The highest BCUT2D eigenvalue weighted by atomic mass is 32.2. The summed E-state index contributed by atoms with van der Waals surface area (Å²) in [5, 5.41) is 15.9. The summed E-state index contributed by atoms with van der Waals surface area (Å²) < 4.78 is 2.47. The van der Waals surface area contributed by atoms with Crippen LogP contribution in [-0.2, 0) is 5.75 Å². The normalized spacial score (nSPS) is 11.0. The van der Waals surface area contributed by atoms with E-state index in [-0.39, 0.29) is 5.91 Å². The predicted octanol–water partition coefficient (Wildman–Crippen LogP) is 4.79. The van der Waals surface area contributed by atoms with Crippen molar-refractivity contribution in [3.8, 4) is 11.3 Å². The number of amides is 1. The van der Waals surface area contributed by atoms with E-state index in [1.165, 1.54) is 23.1 Å². The van der Waals surface area contributed by atoms with Crippen molar-refractivity contribution in [1.82, 2.24) is 24.8 Å². The van der Waals surface area contributed by atoms with Crippen LogP contribution in [0.15, 0.2) is 83.5 Å². The molecule has 0 fully saturated rings. The van der Waals surface area contributed by atoms with Crippen LogP contribution < -0.4 is 5.32 Å². The first-order valence-electron chi connectivity index (χ1n) is 9.48. The van der Waals surface area contributed by atoms with Crippen molar-refractivity contribution in [2.75, 3.05) is 5.32 Å². The second-order valence-corrected chi connectivity index (χ2v) is 8.79. The Kier molecular flexibility index (Phi) is 5.42. The van der Waals surface area contributed by atoms with Crippen LogP contribution >= 0.6 is 23.1 Å². The van der Waals surface area contributed by atoms with E-state index in [9.17, 15) is 4.79 Å². The molecule has 3 aromatic heterocycles. The molecule has 0 aliphatic rings. The Hall–Kier alpha value is -3.56. The summed E-state index contributed by atoms with van der Waals surface area (Å²) in [7, 11) is 0. The molecular formula is C22H16N6OS2. The van der Waals surface area contributed by atoms with Gasteiger partial charge in [-0.05, 0) is 11.6 Å². The third kappa shape index (κ3) is 4.18. The second kappa shape index (κ2) is 8.66. The van der Waals surface area contributed by atoms with Crippen molar-refractivity contribution >= 4 is 39.8 Å². The number of carbonyl (C=O) groups excluding carboxylic acids is 1. The summed E-state index contributed by atoms with van der Waals surface area (Å²) in [6.45, 7) is 0. The van der Waals surface area contributed by atoms with Crippen LogP contribution in [0.3, 0.4) is 0 Å². The fourth-order valence-electron chi connectivity index (χ4n) is 3.08. The van der Waals surface area contributed by atoms with Gasteiger partial charge in [-0.3, -0.25) is 10.1 Å². The lowest BCUT2D eigenvalue weighted by Crippen LogP contribution is -2.12. The van der Waals surface area contributed by atoms with Gasteiger partial charge in [0.1, 0.15) is 5.56 Å². The van der Waals surface area contributed by atoms with Crippen LogP contribution in [-0.4, -0.2) is 30.7 Å². The standard InChI is InChI=1S/C22H16N6OS2/c29-20(25-21-26-27-22(31-21)30-14-15-7-3-1-4-8-15)17-13-24-28-18(11-12-23-19(17)28)16-9-5-2-6-10-16/h1-13H,14H2,(H,25,26,29). The molecule has 0 saturated heterocycles. The van der Waals surface area contributed by atoms with Gasteiger partial charge in [-0.1, -0.05) is 83.8 Å². The minimum atomic E-state index is -0.316. The zero-order chi connectivity index (χ0) is 21.0. The summed E-state index contributed by atoms with van der Waals surface area (Å²) in [5.74, 6) is 0.479. The third-order valence-corrected chi connectivity index (χ3v) is 6.59. The Morgan fingerprint density at radius 3 is 2.58 bits per heavy atom. The van der Waals surface area contributed by atoms with Gasteiger partial charge in [-0.2, -0.15) is 5.10 Å². The van der Waals surface area contributed by atoms with Crippen LogP contribution in [0.5, 0.6) is 0 Å². The molecule has 0 saturated carbocycles. The van der Waals surface area contributed by atoms with E-state index < -0.39 is 0 Å². The topological polar surface area (TPSA) is 85.1 Å². The molecule has 31 heavy (non-hydrogen) atoms. The molecule has 1 N–H and O–H groups in total. The number of carbonyl (C=O) groups is 1. The molecule has 7 nitrogen and oxygen atoms in total. The molecule has 9 heteroatoms. The monoisotopic (exact) mass is 444 g/mol. The lowest BCUT2D eigenvalue weighted by atomic mass is 10.1. The number of fused-ring (bicyclic) bond motifs is 1. The maximum Gasteiger partial charge on any atom is 0.262 e. The Morgan fingerprint density at radius 2 is 1.77 bits per heavy atom. The largest absolute Gasteiger partial charge is 0.296 e. The van der Waals surface area contributed by atoms with Gasteiger partial charge in [-0.15, -0.1) is 10.2 Å². The number of thioether (sulfide) groups is 1. The highest BCUT2D eigenvalue weighted by Gasteiger charge is 2.18. The minimum absolute atomic E-state index is 0.316. The first kappa shape index (κ1) is 19.4. The molecule has 3 heterocycles. The average Bonchev–Trinajstić information content (AvgIpc) is 3.46. The predicted molar refractivity (Wildman–Crippen MR) is 122 cm³/mol. The number of benzene rings is 2. The number of anilines is 1. The van der Waals surface area contributed by atoms with Crippen LogP contribution in [0.4, 0.5) is 5.13 Å². The molecule has 0 aliphatic heterocycles. The van der Waals surface area contributed by atoms with Crippen molar-refractivity contribution in [2.45, 2.75) is 10.1 Å². The maximum absolute atomic E-state index is 12.9. The number of nitrogens with zero attached hydrogens (tertiary/aromatic N) is 5. The maximum atomic E-state index is 12.9. The molecule has 152 valence electrons. The van der Waals surface area contributed by atoms with E-state index in [1.54, 1.807) is 22.5 Å². The van der Waals surface area contributed by atoms with Crippen LogP contribution in [0.1, 0.15) is 15.9 Å². The van der Waals surface area contributed by atoms with Crippen molar-refractivity contribution in [2.24, 2.45) is 0 Å². The molecule has 0 radical (unpaired) electrons. The number of aromatic nitrogens is 5. The Labute approximate surface area is 186 Å². The summed E-state index contributed by atoms with van der Waals surface area (Å²) in [6, 6.07) is 21.9. The van der Waals surface area contributed by atoms with Crippen LogP contribution in [0.2, 0.25) is 0 Å².